The van der Waals surface area contributed by atoms with E-state index in [1.807, 2.05) is 19.1 Å². The summed E-state index contributed by atoms with van der Waals surface area (Å²) < 4.78 is 15.3. The normalized spacial score (nSPS) is 10.4. The number of hydrogen-bond donors (Lipinski definition) is 1. The Bertz CT molecular complexity index is 658. The van der Waals surface area contributed by atoms with E-state index in [-0.39, 0.29) is 18.3 Å². The van der Waals surface area contributed by atoms with Crippen molar-refractivity contribution in [2.75, 3.05) is 0 Å². The Balaban J connectivity index is 2.10. The van der Waals surface area contributed by atoms with E-state index in [0.29, 0.717) is 11.1 Å². The fraction of sp³-hybridized carbons (Fsp3) is 0.133. The molecular weight excluding hydrogens is 389 g/mol. The van der Waals surface area contributed by atoms with E-state index in [4.69, 9.17) is 0 Å². The third kappa shape index (κ3) is 3.67. The molecule has 0 aliphatic rings. The predicted molar refractivity (Wildman–Crippen MR) is 84.1 cm³/mol. The lowest BCUT2D eigenvalue weighted by atomic mass is 10.1. The van der Waals surface area contributed by atoms with Gasteiger partial charge in [-0.15, -0.1) is 0 Å². The molecule has 104 valence electrons. The molecule has 0 unspecified atom stereocenters. The van der Waals surface area contributed by atoms with E-state index < -0.39 is 0 Å². The van der Waals surface area contributed by atoms with Crippen molar-refractivity contribution in [3.63, 3.8) is 0 Å². The summed E-state index contributed by atoms with van der Waals surface area (Å²) in [5.41, 5.74) is 1.90. The van der Waals surface area contributed by atoms with Crippen LogP contribution in [-0.2, 0) is 6.54 Å². The molecule has 0 saturated heterocycles. The Kier molecular flexibility index (Phi) is 4.94. The van der Waals surface area contributed by atoms with Crippen molar-refractivity contribution in [3.05, 3.63) is 67.9 Å². The van der Waals surface area contributed by atoms with Crippen LogP contribution in [0.2, 0.25) is 0 Å². The maximum Gasteiger partial charge on any atom is 0.251 e. The summed E-state index contributed by atoms with van der Waals surface area (Å²) in [5.74, 6) is -0.546. The number of rotatable bonds is 3. The van der Waals surface area contributed by atoms with Gasteiger partial charge in [0, 0.05) is 26.6 Å². The van der Waals surface area contributed by atoms with E-state index in [0.717, 1.165) is 14.5 Å². The maximum absolute atomic E-state index is 13.6. The summed E-state index contributed by atoms with van der Waals surface area (Å²) in [5, 5.41) is 2.73. The molecule has 0 aromatic heterocycles. The van der Waals surface area contributed by atoms with Crippen LogP contribution >= 0.6 is 31.9 Å². The molecule has 0 saturated carbocycles. The van der Waals surface area contributed by atoms with Gasteiger partial charge in [0.05, 0.1) is 0 Å². The van der Waals surface area contributed by atoms with Crippen molar-refractivity contribution < 1.29 is 9.18 Å². The van der Waals surface area contributed by atoms with Gasteiger partial charge in [-0.25, -0.2) is 4.39 Å². The SMILES string of the molecule is Cc1cc(Br)ccc1C(=O)NCc1cc(Br)ccc1F. The molecule has 2 nitrogen and oxygen atoms in total. The van der Waals surface area contributed by atoms with E-state index in [1.165, 1.54) is 6.07 Å². The molecule has 0 aliphatic heterocycles. The van der Waals surface area contributed by atoms with Crippen LogP contribution in [0.1, 0.15) is 21.5 Å². The van der Waals surface area contributed by atoms with Crippen molar-refractivity contribution in [2.24, 2.45) is 0 Å². The van der Waals surface area contributed by atoms with Crippen LogP contribution in [0.15, 0.2) is 45.3 Å². The summed E-state index contributed by atoms with van der Waals surface area (Å²) in [6.07, 6.45) is 0. The summed E-state index contributed by atoms with van der Waals surface area (Å²) in [6, 6.07) is 10.1. The standard InChI is InChI=1S/C15H12Br2FNO/c1-9-6-11(16)2-4-13(9)15(20)19-8-10-7-12(17)3-5-14(10)18/h2-7H,8H2,1H3,(H,19,20). The maximum atomic E-state index is 13.6. The van der Waals surface area contributed by atoms with Crippen molar-refractivity contribution >= 4 is 37.8 Å². The molecule has 2 aromatic rings. The van der Waals surface area contributed by atoms with Gasteiger partial charge in [-0.05, 0) is 48.9 Å². The van der Waals surface area contributed by atoms with Gasteiger partial charge in [0.25, 0.3) is 5.91 Å². The summed E-state index contributed by atoms with van der Waals surface area (Å²) in [7, 11) is 0. The van der Waals surface area contributed by atoms with Crippen molar-refractivity contribution in [3.8, 4) is 0 Å². The third-order valence-electron chi connectivity index (χ3n) is 2.88. The number of nitrogens with one attached hydrogen (secondary N) is 1. The van der Waals surface area contributed by atoms with Crippen LogP contribution in [0.5, 0.6) is 0 Å². The quantitative estimate of drug-likeness (QED) is 0.802. The highest BCUT2D eigenvalue weighted by Crippen LogP contribution is 2.17. The first kappa shape index (κ1) is 15.2. The highest BCUT2D eigenvalue weighted by Gasteiger charge is 2.10. The minimum atomic E-state index is -0.332. The molecule has 1 amide bonds. The summed E-state index contributed by atoms with van der Waals surface area (Å²) >= 11 is 6.64. The van der Waals surface area contributed by atoms with Gasteiger partial charge in [-0.2, -0.15) is 0 Å². The Hall–Kier alpha value is -1.20. The molecule has 0 aliphatic carbocycles. The third-order valence-corrected chi connectivity index (χ3v) is 3.87. The van der Waals surface area contributed by atoms with E-state index in [1.54, 1.807) is 18.2 Å². The number of carbonyl (C=O) groups is 1. The van der Waals surface area contributed by atoms with Gasteiger partial charge in [0.2, 0.25) is 0 Å². The lowest BCUT2D eigenvalue weighted by Crippen LogP contribution is -2.24. The second kappa shape index (κ2) is 6.50. The first-order valence-corrected chi connectivity index (χ1v) is 7.54. The van der Waals surface area contributed by atoms with Crippen LogP contribution in [0.3, 0.4) is 0 Å². The van der Waals surface area contributed by atoms with Crippen LogP contribution < -0.4 is 5.32 Å². The Morgan fingerprint density at radius 3 is 2.50 bits per heavy atom. The minimum absolute atomic E-state index is 0.152. The number of aryl methyl sites for hydroxylation is 1. The van der Waals surface area contributed by atoms with E-state index in [2.05, 4.69) is 37.2 Å². The number of amides is 1. The summed E-state index contributed by atoms with van der Waals surface area (Å²) in [4.78, 5) is 12.1. The second-order valence-electron chi connectivity index (χ2n) is 4.38. The molecule has 2 aromatic carbocycles. The first-order chi connectivity index (χ1) is 9.47. The zero-order chi connectivity index (χ0) is 14.7. The lowest BCUT2D eigenvalue weighted by Gasteiger charge is -2.09. The molecule has 0 heterocycles. The molecule has 2 rings (SSSR count). The summed E-state index contributed by atoms with van der Waals surface area (Å²) in [6.45, 7) is 2.01. The average molecular weight is 401 g/mol. The second-order valence-corrected chi connectivity index (χ2v) is 6.21. The minimum Gasteiger partial charge on any atom is -0.348 e. The lowest BCUT2D eigenvalue weighted by molar-refractivity contribution is 0.0950. The smallest absolute Gasteiger partial charge is 0.251 e. The highest BCUT2D eigenvalue weighted by atomic mass is 79.9. The largest absolute Gasteiger partial charge is 0.348 e. The molecule has 1 N–H and O–H groups in total. The first-order valence-electron chi connectivity index (χ1n) is 5.95. The van der Waals surface area contributed by atoms with Crippen LogP contribution in [0.4, 0.5) is 4.39 Å². The van der Waals surface area contributed by atoms with Gasteiger partial charge in [0.1, 0.15) is 5.82 Å². The molecule has 0 fully saturated rings. The number of benzene rings is 2. The van der Waals surface area contributed by atoms with E-state index >= 15 is 0 Å². The Labute approximate surface area is 133 Å². The number of halogens is 3. The Morgan fingerprint density at radius 1 is 1.15 bits per heavy atom. The zero-order valence-corrected chi connectivity index (χ0v) is 13.9. The molecule has 20 heavy (non-hydrogen) atoms. The molecule has 0 bridgehead atoms. The highest BCUT2D eigenvalue weighted by molar-refractivity contribution is 9.10. The number of carbonyl (C=O) groups excluding carboxylic acids is 1. The van der Waals surface area contributed by atoms with Crippen molar-refractivity contribution in [1.29, 1.82) is 0 Å². The van der Waals surface area contributed by atoms with Crippen LogP contribution in [0, 0.1) is 12.7 Å². The topological polar surface area (TPSA) is 29.1 Å². The number of hydrogen-bond acceptors (Lipinski definition) is 1. The van der Waals surface area contributed by atoms with Gasteiger partial charge in [0.15, 0.2) is 0 Å². The fourth-order valence-corrected chi connectivity index (χ4v) is 2.72. The van der Waals surface area contributed by atoms with Crippen molar-refractivity contribution in [2.45, 2.75) is 13.5 Å². The van der Waals surface area contributed by atoms with Crippen molar-refractivity contribution in [1.82, 2.24) is 5.32 Å². The molecule has 0 radical (unpaired) electrons. The van der Waals surface area contributed by atoms with Gasteiger partial charge in [-0.1, -0.05) is 31.9 Å². The average Bonchev–Trinajstić information content (AvgIpc) is 2.39. The molecule has 5 heteroatoms. The molecular formula is C15H12Br2FNO. The van der Waals surface area contributed by atoms with Crippen LogP contribution in [-0.4, -0.2) is 5.91 Å². The van der Waals surface area contributed by atoms with Crippen LogP contribution in [0.25, 0.3) is 0 Å². The zero-order valence-electron chi connectivity index (χ0n) is 10.7. The molecule has 0 spiro atoms. The van der Waals surface area contributed by atoms with Gasteiger partial charge < -0.3 is 5.32 Å². The molecule has 0 atom stereocenters. The van der Waals surface area contributed by atoms with E-state index in [9.17, 15) is 9.18 Å². The Morgan fingerprint density at radius 2 is 1.80 bits per heavy atom. The van der Waals surface area contributed by atoms with Gasteiger partial charge >= 0.3 is 0 Å². The fourth-order valence-electron chi connectivity index (χ4n) is 1.83. The predicted octanol–water partition coefficient (Wildman–Crippen LogP) is 4.59. The van der Waals surface area contributed by atoms with Gasteiger partial charge in [-0.3, -0.25) is 4.79 Å². The monoisotopic (exact) mass is 399 g/mol.